The summed E-state index contributed by atoms with van der Waals surface area (Å²) in [4.78, 5) is 71.5. The fourth-order valence-corrected chi connectivity index (χ4v) is 5.18. The van der Waals surface area contributed by atoms with Crippen molar-refractivity contribution in [3.05, 3.63) is 85.7 Å². The van der Waals surface area contributed by atoms with Crippen LogP contribution in [0.5, 0.6) is 0 Å². The lowest BCUT2D eigenvalue weighted by Gasteiger charge is -2.37. The number of ketones is 3. The van der Waals surface area contributed by atoms with E-state index in [4.69, 9.17) is 22.8 Å². The molecule has 0 rings (SSSR count). The van der Waals surface area contributed by atoms with Crippen molar-refractivity contribution in [3.8, 4) is 11.7 Å². The predicted molar refractivity (Wildman–Crippen MR) is 383 cm³/mol. The summed E-state index contributed by atoms with van der Waals surface area (Å²) in [6.45, 7) is 65.0. The van der Waals surface area contributed by atoms with Gasteiger partial charge >= 0.3 is 5.97 Å². The minimum absolute atomic E-state index is 0.0330. The number of hydrogen-bond acceptors (Lipinski definition) is 14. The second-order valence-electron chi connectivity index (χ2n) is 27.9. The molecule has 0 fully saturated rings. The molecule has 0 bridgehead atoms. The highest BCUT2D eigenvalue weighted by atomic mass is 35.5. The topological polar surface area (TPSA) is 214 Å². The van der Waals surface area contributed by atoms with Crippen molar-refractivity contribution < 1.29 is 50.3 Å². The van der Waals surface area contributed by atoms with Crippen LogP contribution in [-0.2, 0) is 64.9 Å². The van der Waals surface area contributed by atoms with Crippen molar-refractivity contribution in [2.45, 2.75) is 211 Å². The Morgan fingerprint density at radius 2 is 0.943 bits per heavy atom. The summed E-state index contributed by atoms with van der Waals surface area (Å²) >= 11 is 5.20. The first-order chi connectivity index (χ1) is 39.0. The predicted octanol–water partition coefficient (Wildman–Crippen LogP) is 12.9. The number of carbonyl (C=O) groups is 6. The number of hydrogen-bond donors (Lipinski definition) is 2. The van der Waals surface area contributed by atoms with Crippen LogP contribution in [0.15, 0.2) is 85.7 Å². The maximum Gasteiger partial charge on any atom is 0.331 e. The number of terminal acetylenes is 1. The molecule has 88 heavy (non-hydrogen) atoms. The van der Waals surface area contributed by atoms with Crippen molar-refractivity contribution in [1.29, 1.82) is 0 Å². The average Bonchev–Trinajstić information content (AvgIpc) is 3.33. The van der Waals surface area contributed by atoms with Crippen LogP contribution in [0.4, 0.5) is 0 Å². The van der Waals surface area contributed by atoms with Crippen LogP contribution >= 0.6 is 11.6 Å². The maximum absolute atomic E-state index is 11.6. The molecular weight excluding hydrogens is 1190 g/mol. The van der Waals surface area contributed by atoms with Crippen molar-refractivity contribution in [1.82, 2.24) is 25.3 Å². The van der Waals surface area contributed by atoms with E-state index in [1.165, 1.54) is 23.6 Å². The number of esters is 1. The van der Waals surface area contributed by atoms with Crippen LogP contribution in [-0.4, -0.2) is 166 Å². The molecule has 16 nitrogen and oxygen atoms in total. The number of alkyl halides is 1. The minimum atomic E-state index is -2.97. The van der Waals surface area contributed by atoms with E-state index in [9.17, 15) is 45.6 Å². The molecule has 2 amide bonds. The highest BCUT2D eigenvalue weighted by Crippen LogP contribution is 2.33. The van der Waals surface area contributed by atoms with Crippen LogP contribution in [0.25, 0.3) is 0 Å². The molecule has 0 aromatic carbocycles. The Balaban J connectivity index is -0.000000116. The summed E-state index contributed by atoms with van der Waals surface area (Å²) in [5.41, 5.74) is -1.09. The summed E-state index contributed by atoms with van der Waals surface area (Å²) in [6.07, 6.45) is 17.8. The Labute approximate surface area is 550 Å². The first-order valence-corrected chi connectivity index (χ1v) is 33.5. The molecule has 0 saturated heterocycles. The molecular formula is C68H128ClN5O11S3. The molecule has 2 unspecified atom stereocenters. The SMILES string of the molecule is C#CS(=O)C(C)(C)C.C=CC(=O)C(C)C.C=CC(=O)NC(C)(C)C.C=CS(=O)(=O)C(C)C.C=CS(=O)C(C)(C)C.CC(C)C(=O)CCl.CN(C)C/C=C/C(=O)C(C)(C)C.CN(C)C/C=C/C(=O)NC(C)(C)C.CN(C)C/C=C/C(=O)OC(C)(C)C(C)(C)C. The van der Waals surface area contributed by atoms with E-state index in [0.717, 1.165) is 25.0 Å². The van der Waals surface area contributed by atoms with E-state index in [2.05, 4.69) is 63.0 Å². The minimum Gasteiger partial charge on any atom is -0.456 e. The van der Waals surface area contributed by atoms with Gasteiger partial charge in [-0.2, -0.15) is 0 Å². The highest BCUT2D eigenvalue weighted by molar-refractivity contribution is 7.94. The molecule has 0 saturated carbocycles. The van der Waals surface area contributed by atoms with Crippen LogP contribution in [0, 0.1) is 34.3 Å². The zero-order valence-electron chi connectivity index (χ0n) is 61.2. The van der Waals surface area contributed by atoms with Crippen LogP contribution in [0.2, 0.25) is 0 Å². The lowest BCUT2D eigenvalue weighted by molar-refractivity contribution is -0.160. The van der Waals surface area contributed by atoms with Gasteiger partial charge in [0.05, 0.1) is 21.9 Å². The molecule has 0 aromatic rings. The summed E-state index contributed by atoms with van der Waals surface area (Å²) < 4.78 is 47.7. The fraction of sp³-hybridized carbons (Fsp3) is 0.676. The molecule has 0 heterocycles. The van der Waals surface area contributed by atoms with Gasteiger partial charge in [0.1, 0.15) is 22.2 Å². The first-order valence-electron chi connectivity index (χ1n) is 29.0. The molecule has 20 heteroatoms. The number of sulfone groups is 1. The van der Waals surface area contributed by atoms with Gasteiger partial charge in [0.2, 0.25) is 11.8 Å². The Kier molecular flexibility index (Phi) is 59.7. The van der Waals surface area contributed by atoms with E-state index < -0.39 is 37.0 Å². The van der Waals surface area contributed by atoms with E-state index in [-0.39, 0.29) is 89.5 Å². The summed E-state index contributed by atoms with van der Waals surface area (Å²) in [5.74, 6) is 0.331. The molecule has 0 aliphatic rings. The highest BCUT2D eigenvalue weighted by Gasteiger charge is 2.36. The summed E-state index contributed by atoms with van der Waals surface area (Å²) in [7, 11) is 6.82. The van der Waals surface area contributed by atoms with Gasteiger partial charge in [0, 0.05) is 80.4 Å². The summed E-state index contributed by atoms with van der Waals surface area (Å²) in [6, 6.07) is 0. The molecule has 0 aliphatic carbocycles. The lowest BCUT2D eigenvalue weighted by atomic mass is 9.79. The molecule has 2 atom stereocenters. The van der Waals surface area contributed by atoms with Gasteiger partial charge in [0.15, 0.2) is 21.4 Å². The Hall–Kier alpha value is -4.42. The number of likely N-dealkylation sites (N-methyl/N-ethyl adjacent to an activating group) is 3. The number of rotatable bonds is 18. The largest absolute Gasteiger partial charge is 0.456 e. The molecule has 0 spiro atoms. The standard InChI is InChI=1S/C13H25NO2.C10H20N2O.C10H19NO.C7H13NO.C6H12OS.C6H10OS.C6H10O.C5H9ClO.C5H10O2S/c1-12(2,3)13(4,5)16-11(15)9-8-10-14(6)7;1-10(2,3)11-9(13)7-6-8-12(4)5;1-10(2,3)9(12)7-6-8-11(4)5;1-5-6(9)8-7(2,3)4;2*1-5-8(7)6(2,3)4;1-4-6(7)5(2)3;1-4(2)5(7)3-6;1-4-8(6,7)5(2)3/h8-9H,10H2,1-7H3;6-7H,8H2,1-5H3,(H,11,13);6-7H,8H2,1-5H3;5H,1H2,2-4H3,(H,8,9);5H,1H2,2-4H3;1H,2-4H3;4-5H,1H2,2-3H3;4H,3H2,1-2H3;4-5H,1H2,2-3H3/b9-8+;2*7-6+;;;;;;. The zero-order chi connectivity index (χ0) is 72.8. The number of Topliss-reactive ketones (excluding diaryl/α,β-unsaturated/α-hetero) is 1. The second-order valence-corrected chi connectivity index (χ2v) is 34.7. The van der Waals surface area contributed by atoms with Crippen LogP contribution < -0.4 is 10.6 Å². The van der Waals surface area contributed by atoms with Crippen molar-refractivity contribution in [3.63, 3.8) is 0 Å². The zero-order valence-corrected chi connectivity index (χ0v) is 64.4. The Morgan fingerprint density at radius 3 is 1.10 bits per heavy atom. The smallest absolute Gasteiger partial charge is 0.331 e. The Bertz CT molecular complexity index is 2340. The van der Waals surface area contributed by atoms with Crippen molar-refractivity contribution in [2.75, 3.05) is 67.8 Å². The number of ether oxygens (including phenoxy) is 1. The van der Waals surface area contributed by atoms with E-state index in [1.807, 2.05) is 215 Å². The molecule has 2 N–H and O–H groups in total. The third-order valence-electron chi connectivity index (χ3n) is 10.1. The number of halogens is 1. The molecule has 0 aliphatic heterocycles. The van der Waals surface area contributed by atoms with E-state index in [1.54, 1.807) is 32.1 Å². The molecule has 516 valence electrons. The number of nitrogens with zero attached hydrogens (tertiary/aromatic N) is 3. The average molecular weight is 1320 g/mol. The first kappa shape index (κ1) is 102. The van der Waals surface area contributed by atoms with Gasteiger partial charge in [0.25, 0.3) is 0 Å². The lowest BCUT2D eigenvalue weighted by Crippen LogP contribution is -2.40. The number of allylic oxidation sites excluding steroid dienone is 2. The van der Waals surface area contributed by atoms with Crippen LogP contribution in [0.3, 0.4) is 0 Å². The van der Waals surface area contributed by atoms with Gasteiger partial charge in [-0.05, 0) is 182 Å². The normalized spacial score (nSPS) is 12.4. The number of amides is 2. The third kappa shape index (κ3) is 77.7. The van der Waals surface area contributed by atoms with Crippen molar-refractivity contribution >= 4 is 78.2 Å². The maximum atomic E-state index is 11.6. The quantitative estimate of drug-likeness (QED) is 0.0565. The monoisotopic (exact) mass is 1320 g/mol. The molecule has 0 radical (unpaired) electrons. The van der Waals surface area contributed by atoms with Gasteiger partial charge in [-0.25, -0.2) is 17.4 Å². The fourth-order valence-electron chi connectivity index (χ4n) is 3.63. The van der Waals surface area contributed by atoms with Gasteiger partial charge < -0.3 is 30.1 Å². The molecule has 0 aromatic heterocycles. The number of nitrogens with one attached hydrogen (secondary N) is 2. The Morgan fingerprint density at radius 1 is 0.580 bits per heavy atom. The van der Waals surface area contributed by atoms with Crippen molar-refractivity contribution in [2.24, 2.45) is 22.7 Å². The second kappa shape index (κ2) is 51.2. The van der Waals surface area contributed by atoms with E-state index >= 15 is 0 Å². The van der Waals surface area contributed by atoms with Gasteiger partial charge in [-0.3, -0.25) is 28.2 Å². The van der Waals surface area contributed by atoms with Crippen LogP contribution in [0.1, 0.15) is 180 Å². The van der Waals surface area contributed by atoms with Gasteiger partial charge in [-0.1, -0.05) is 114 Å². The third-order valence-corrected chi connectivity index (χ3v) is 15.0. The number of carbonyl (C=O) groups excluding carboxylic acids is 6. The van der Waals surface area contributed by atoms with Gasteiger partial charge in [-0.15, -0.1) is 18.0 Å². The van der Waals surface area contributed by atoms with E-state index in [0.29, 0.717) is 0 Å². The summed E-state index contributed by atoms with van der Waals surface area (Å²) in [5, 5.41) is 9.86.